The Hall–Kier alpha value is -0.570. The van der Waals surface area contributed by atoms with E-state index in [2.05, 4.69) is 17.6 Å². The summed E-state index contributed by atoms with van der Waals surface area (Å²) >= 11 is 0. The molecule has 1 spiro atoms. The zero-order valence-electron chi connectivity index (χ0n) is 16.7. The standard InChI is InChI=1S/C20H34N4O2.HI/c1-3-21-19(22-15-6-11-24(12-7-15)14(2)25)23-17-16-8-13-26-18(16)20(17)9-4-5-10-20;/h15-18H,3-13H2,1-2H3,(H2,21,22,23);1H. The third-order valence-corrected chi connectivity index (χ3v) is 7.18. The first-order valence-electron chi connectivity index (χ1n) is 10.6. The molecule has 3 unspecified atom stereocenters. The maximum Gasteiger partial charge on any atom is 0.219 e. The van der Waals surface area contributed by atoms with Gasteiger partial charge in [0.05, 0.1) is 6.10 Å². The highest BCUT2D eigenvalue weighted by Crippen LogP contribution is 2.60. The van der Waals surface area contributed by atoms with Gasteiger partial charge in [-0.05, 0) is 39.0 Å². The van der Waals surface area contributed by atoms with Crippen molar-refractivity contribution in [3.05, 3.63) is 0 Å². The lowest BCUT2D eigenvalue weighted by atomic mass is 9.54. The van der Waals surface area contributed by atoms with Crippen LogP contribution in [0.3, 0.4) is 0 Å². The molecule has 154 valence electrons. The van der Waals surface area contributed by atoms with Crippen LogP contribution in [0.2, 0.25) is 0 Å². The predicted molar refractivity (Wildman–Crippen MR) is 117 cm³/mol. The number of halogens is 1. The molecule has 2 saturated carbocycles. The van der Waals surface area contributed by atoms with Crippen LogP contribution < -0.4 is 10.6 Å². The molecule has 27 heavy (non-hydrogen) atoms. The Kier molecular flexibility index (Phi) is 6.93. The van der Waals surface area contributed by atoms with E-state index in [0.29, 0.717) is 29.5 Å². The number of piperidine rings is 1. The zero-order valence-corrected chi connectivity index (χ0v) is 19.0. The van der Waals surface area contributed by atoms with Crippen molar-refractivity contribution < 1.29 is 9.53 Å². The molecular weight excluding hydrogens is 455 g/mol. The summed E-state index contributed by atoms with van der Waals surface area (Å²) in [6, 6.07) is 0.909. The Morgan fingerprint density at radius 1 is 1.19 bits per heavy atom. The molecule has 4 fully saturated rings. The number of carbonyl (C=O) groups is 1. The second-order valence-corrected chi connectivity index (χ2v) is 8.55. The maximum absolute atomic E-state index is 11.5. The van der Waals surface area contributed by atoms with Crippen molar-refractivity contribution in [3.63, 3.8) is 0 Å². The molecule has 6 nitrogen and oxygen atoms in total. The molecule has 0 aromatic heterocycles. The summed E-state index contributed by atoms with van der Waals surface area (Å²) in [5.74, 6) is 1.81. The SMILES string of the molecule is CCN=C(NC1CCN(C(C)=O)CC1)NC1C2CCOC2C12CCCC2.I. The molecule has 3 atom stereocenters. The van der Waals surface area contributed by atoms with Gasteiger partial charge in [0.2, 0.25) is 5.91 Å². The van der Waals surface area contributed by atoms with E-state index in [-0.39, 0.29) is 29.9 Å². The second-order valence-electron chi connectivity index (χ2n) is 8.55. The molecule has 0 aromatic rings. The molecule has 0 aromatic carbocycles. The second kappa shape index (κ2) is 8.84. The lowest BCUT2D eigenvalue weighted by Crippen LogP contribution is -2.69. The van der Waals surface area contributed by atoms with Crippen LogP contribution >= 0.6 is 24.0 Å². The average Bonchev–Trinajstić information content (AvgIpc) is 3.29. The summed E-state index contributed by atoms with van der Waals surface area (Å²) in [4.78, 5) is 18.2. The van der Waals surface area contributed by atoms with Crippen LogP contribution in [-0.4, -0.2) is 61.2 Å². The van der Waals surface area contributed by atoms with Crippen molar-refractivity contribution in [2.45, 2.75) is 77.0 Å². The molecule has 4 rings (SSSR count). The molecule has 2 aliphatic carbocycles. The average molecular weight is 490 g/mol. The number of guanidine groups is 1. The van der Waals surface area contributed by atoms with E-state index in [0.717, 1.165) is 45.0 Å². The Labute approximate surface area is 180 Å². The Morgan fingerprint density at radius 2 is 1.89 bits per heavy atom. The van der Waals surface area contributed by atoms with E-state index >= 15 is 0 Å². The highest BCUT2D eigenvalue weighted by atomic mass is 127. The van der Waals surface area contributed by atoms with Gasteiger partial charge in [-0.1, -0.05) is 12.8 Å². The van der Waals surface area contributed by atoms with Gasteiger partial charge in [0.25, 0.3) is 0 Å². The van der Waals surface area contributed by atoms with Gasteiger partial charge in [-0.15, -0.1) is 24.0 Å². The smallest absolute Gasteiger partial charge is 0.219 e. The van der Waals surface area contributed by atoms with Gasteiger partial charge < -0.3 is 20.3 Å². The number of nitrogens with one attached hydrogen (secondary N) is 2. The lowest BCUT2D eigenvalue weighted by molar-refractivity contribution is -0.129. The normalized spacial score (nSPS) is 32.6. The van der Waals surface area contributed by atoms with Crippen LogP contribution in [0.1, 0.15) is 58.8 Å². The minimum atomic E-state index is 0. The number of likely N-dealkylation sites (tertiary alicyclic amines) is 1. The molecule has 2 heterocycles. The van der Waals surface area contributed by atoms with E-state index in [1.54, 1.807) is 6.92 Å². The molecule has 1 amide bonds. The largest absolute Gasteiger partial charge is 0.377 e. The van der Waals surface area contributed by atoms with Gasteiger partial charge in [-0.25, -0.2) is 0 Å². The number of ether oxygens (including phenoxy) is 1. The van der Waals surface area contributed by atoms with E-state index < -0.39 is 0 Å². The van der Waals surface area contributed by atoms with E-state index in [1.165, 1.54) is 32.1 Å². The van der Waals surface area contributed by atoms with Crippen molar-refractivity contribution in [2.75, 3.05) is 26.2 Å². The topological polar surface area (TPSA) is 66.0 Å². The van der Waals surface area contributed by atoms with Gasteiger partial charge >= 0.3 is 0 Å². The van der Waals surface area contributed by atoms with Crippen molar-refractivity contribution in [2.24, 2.45) is 16.3 Å². The van der Waals surface area contributed by atoms with Crippen molar-refractivity contribution in [3.8, 4) is 0 Å². The summed E-state index contributed by atoms with van der Waals surface area (Å²) < 4.78 is 6.11. The first kappa shape index (κ1) is 21.1. The highest BCUT2D eigenvalue weighted by Gasteiger charge is 2.65. The minimum absolute atomic E-state index is 0. The van der Waals surface area contributed by atoms with Crippen molar-refractivity contribution in [1.29, 1.82) is 0 Å². The van der Waals surface area contributed by atoms with Crippen LogP contribution in [-0.2, 0) is 9.53 Å². The monoisotopic (exact) mass is 490 g/mol. The number of nitrogens with zero attached hydrogens (tertiary/aromatic N) is 2. The first-order valence-corrected chi connectivity index (χ1v) is 10.6. The number of hydrogen-bond acceptors (Lipinski definition) is 3. The lowest BCUT2D eigenvalue weighted by Gasteiger charge is -2.57. The van der Waals surface area contributed by atoms with E-state index in [9.17, 15) is 4.79 Å². The number of fused-ring (bicyclic) bond motifs is 2. The molecule has 2 N–H and O–H groups in total. The van der Waals surface area contributed by atoms with Gasteiger partial charge in [-0.3, -0.25) is 9.79 Å². The van der Waals surface area contributed by atoms with Gasteiger partial charge in [-0.2, -0.15) is 0 Å². The number of carbonyl (C=O) groups excluding carboxylic acids is 1. The number of amides is 1. The van der Waals surface area contributed by atoms with Gasteiger partial charge in [0.1, 0.15) is 0 Å². The third kappa shape index (κ3) is 3.95. The Balaban J connectivity index is 0.00000210. The van der Waals surface area contributed by atoms with Crippen molar-refractivity contribution >= 4 is 35.8 Å². The zero-order chi connectivity index (χ0) is 18.1. The Morgan fingerprint density at radius 3 is 2.52 bits per heavy atom. The summed E-state index contributed by atoms with van der Waals surface area (Å²) in [5, 5.41) is 7.48. The molecule has 0 radical (unpaired) electrons. The molecule has 4 aliphatic rings. The van der Waals surface area contributed by atoms with Crippen LogP contribution in [0.4, 0.5) is 0 Å². The highest BCUT2D eigenvalue weighted by molar-refractivity contribution is 14.0. The number of hydrogen-bond donors (Lipinski definition) is 2. The van der Waals surface area contributed by atoms with Crippen LogP contribution in [0.25, 0.3) is 0 Å². The third-order valence-electron chi connectivity index (χ3n) is 7.18. The molecule has 0 bridgehead atoms. The summed E-state index contributed by atoms with van der Waals surface area (Å²) in [7, 11) is 0. The van der Waals surface area contributed by atoms with Crippen LogP contribution in [0, 0.1) is 11.3 Å². The molecular formula is C20H35IN4O2. The van der Waals surface area contributed by atoms with Crippen LogP contribution in [0.15, 0.2) is 4.99 Å². The van der Waals surface area contributed by atoms with E-state index in [1.807, 2.05) is 4.90 Å². The van der Waals surface area contributed by atoms with Gasteiger partial charge in [0, 0.05) is 56.6 Å². The Bertz CT molecular complexity index is 556. The molecule has 7 heteroatoms. The summed E-state index contributed by atoms with van der Waals surface area (Å²) in [6.45, 7) is 7.15. The summed E-state index contributed by atoms with van der Waals surface area (Å²) in [6.07, 6.45) is 8.91. The fourth-order valence-corrected chi connectivity index (χ4v) is 5.87. The fourth-order valence-electron chi connectivity index (χ4n) is 5.87. The van der Waals surface area contributed by atoms with E-state index in [4.69, 9.17) is 9.73 Å². The quantitative estimate of drug-likeness (QED) is 0.363. The number of rotatable bonds is 3. The minimum Gasteiger partial charge on any atom is -0.377 e. The predicted octanol–water partition coefficient (Wildman–Crippen LogP) is 2.52. The van der Waals surface area contributed by atoms with Gasteiger partial charge in [0.15, 0.2) is 5.96 Å². The fraction of sp³-hybridized carbons (Fsp3) is 0.900. The molecule has 2 saturated heterocycles. The van der Waals surface area contributed by atoms with Crippen LogP contribution in [0.5, 0.6) is 0 Å². The summed E-state index contributed by atoms with van der Waals surface area (Å²) in [5.41, 5.74) is 0.343. The maximum atomic E-state index is 11.5. The first-order chi connectivity index (χ1) is 12.6. The van der Waals surface area contributed by atoms with Crippen molar-refractivity contribution in [1.82, 2.24) is 15.5 Å². The number of aliphatic imine (C=N–C) groups is 1. The molecule has 2 aliphatic heterocycles.